The monoisotopic (exact) mass is 382 g/mol. The fraction of sp³-hybridized carbons (Fsp3) is 0.118. The normalized spacial score (nSPS) is 12.3. The minimum Gasteiger partial charge on any atom is -0.432 e. The third kappa shape index (κ3) is 3.49. The van der Waals surface area contributed by atoms with Crippen molar-refractivity contribution in [2.75, 3.05) is 0 Å². The van der Waals surface area contributed by atoms with Crippen LogP contribution in [-0.4, -0.2) is 13.4 Å². The SMILES string of the molecule is Cc1ccc(S(N)(=O)=O)cc1-c1nc(C(F)(F)F)oc1-c1ccccc1. The summed E-state index contributed by atoms with van der Waals surface area (Å²) in [5.41, 5.74) is 0.990. The summed E-state index contributed by atoms with van der Waals surface area (Å²) in [6.45, 7) is 1.62. The Morgan fingerprint density at radius 1 is 1.08 bits per heavy atom. The summed E-state index contributed by atoms with van der Waals surface area (Å²) >= 11 is 0. The molecule has 3 aromatic rings. The molecule has 0 spiro atoms. The molecule has 5 nitrogen and oxygen atoms in total. The van der Waals surface area contributed by atoms with Crippen molar-refractivity contribution in [1.82, 2.24) is 4.98 Å². The van der Waals surface area contributed by atoms with Crippen molar-refractivity contribution in [2.24, 2.45) is 5.14 Å². The molecule has 0 radical (unpaired) electrons. The molecule has 0 fully saturated rings. The second kappa shape index (κ2) is 6.26. The molecule has 0 atom stereocenters. The highest BCUT2D eigenvalue weighted by Crippen LogP contribution is 2.39. The molecule has 0 aliphatic rings. The molecule has 2 aromatic carbocycles. The van der Waals surface area contributed by atoms with Crippen LogP contribution in [0.2, 0.25) is 0 Å². The molecule has 0 unspecified atom stereocenters. The van der Waals surface area contributed by atoms with Crippen LogP contribution in [0.25, 0.3) is 22.6 Å². The molecule has 1 aromatic heterocycles. The number of aromatic nitrogens is 1. The average molecular weight is 382 g/mol. The van der Waals surface area contributed by atoms with Crippen LogP contribution in [0, 0.1) is 6.92 Å². The first-order chi connectivity index (χ1) is 12.1. The Hall–Kier alpha value is -2.65. The number of rotatable bonds is 3. The minimum absolute atomic E-state index is 0.104. The summed E-state index contributed by atoms with van der Waals surface area (Å²) in [5.74, 6) is -1.51. The summed E-state index contributed by atoms with van der Waals surface area (Å²) in [5, 5.41) is 5.13. The summed E-state index contributed by atoms with van der Waals surface area (Å²) in [6, 6.07) is 12.1. The smallest absolute Gasteiger partial charge is 0.432 e. The number of hydrogen-bond acceptors (Lipinski definition) is 4. The van der Waals surface area contributed by atoms with Gasteiger partial charge in [-0.25, -0.2) is 18.5 Å². The number of halogens is 3. The van der Waals surface area contributed by atoms with Crippen LogP contribution in [-0.2, 0) is 16.2 Å². The van der Waals surface area contributed by atoms with Crippen molar-refractivity contribution in [3.8, 4) is 22.6 Å². The maximum Gasteiger partial charge on any atom is 0.468 e. The predicted octanol–water partition coefficient (Wildman–Crippen LogP) is 3.98. The van der Waals surface area contributed by atoms with E-state index in [1.807, 2.05) is 0 Å². The summed E-state index contributed by atoms with van der Waals surface area (Å²) in [7, 11) is -4.03. The van der Waals surface area contributed by atoms with Crippen molar-refractivity contribution in [1.29, 1.82) is 0 Å². The summed E-state index contributed by atoms with van der Waals surface area (Å²) in [4.78, 5) is 3.36. The van der Waals surface area contributed by atoms with Crippen molar-refractivity contribution >= 4 is 10.0 Å². The fourth-order valence-electron chi connectivity index (χ4n) is 2.44. The highest BCUT2D eigenvalue weighted by molar-refractivity contribution is 7.89. The van der Waals surface area contributed by atoms with E-state index in [4.69, 9.17) is 9.56 Å². The number of benzene rings is 2. The van der Waals surface area contributed by atoms with E-state index in [1.54, 1.807) is 37.3 Å². The lowest BCUT2D eigenvalue weighted by Gasteiger charge is -2.07. The molecule has 2 N–H and O–H groups in total. The van der Waals surface area contributed by atoms with Crippen molar-refractivity contribution in [3.05, 3.63) is 60.0 Å². The lowest BCUT2D eigenvalue weighted by atomic mass is 10.0. The maximum absolute atomic E-state index is 13.1. The topological polar surface area (TPSA) is 86.2 Å². The van der Waals surface area contributed by atoms with Gasteiger partial charge in [-0.15, -0.1) is 0 Å². The van der Waals surface area contributed by atoms with E-state index < -0.39 is 22.1 Å². The van der Waals surface area contributed by atoms with Gasteiger partial charge in [-0.1, -0.05) is 36.4 Å². The number of nitrogens with zero attached hydrogens (tertiary/aromatic N) is 1. The van der Waals surface area contributed by atoms with Gasteiger partial charge in [-0.05, 0) is 24.6 Å². The molecule has 0 aliphatic heterocycles. The van der Waals surface area contributed by atoms with Crippen LogP contribution in [0.15, 0.2) is 57.8 Å². The Kier molecular flexibility index (Phi) is 4.37. The third-order valence-electron chi connectivity index (χ3n) is 3.70. The molecule has 0 amide bonds. The molecule has 0 bridgehead atoms. The minimum atomic E-state index is -4.78. The fourth-order valence-corrected chi connectivity index (χ4v) is 2.98. The van der Waals surface area contributed by atoms with E-state index >= 15 is 0 Å². The molecule has 0 saturated heterocycles. The number of hydrogen-bond donors (Lipinski definition) is 1. The zero-order chi connectivity index (χ0) is 19.1. The number of alkyl halides is 3. The van der Waals surface area contributed by atoms with Crippen molar-refractivity contribution < 1.29 is 26.0 Å². The van der Waals surface area contributed by atoms with E-state index in [2.05, 4.69) is 4.98 Å². The van der Waals surface area contributed by atoms with E-state index in [9.17, 15) is 21.6 Å². The Balaban J connectivity index is 2.30. The quantitative estimate of drug-likeness (QED) is 0.742. The first kappa shape index (κ1) is 18.2. The van der Waals surface area contributed by atoms with Crippen LogP contribution in [0.3, 0.4) is 0 Å². The number of nitrogens with two attached hydrogens (primary N) is 1. The van der Waals surface area contributed by atoms with Crippen molar-refractivity contribution in [3.63, 3.8) is 0 Å². The first-order valence-electron chi connectivity index (χ1n) is 7.34. The lowest BCUT2D eigenvalue weighted by Crippen LogP contribution is -2.12. The van der Waals surface area contributed by atoms with E-state index in [-0.39, 0.29) is 21.9 Å². The van der Waals surface area contributed by atoms with Gasteiger partial charge in [0, 0.05) is 11.1 Å². The highest BCUT2D eigenvalue weighted by Gasteiger charge is 2.39. The van der Waals surface area contributed by atoms with Crippen LogP contribution in [0.1, 0.15) is 11.5 Å². The number of aryl methyl sites for hydroxylation is 1. The van der Waals surface area contributed by atoms with Crippen LogP contribution in [0.5, 0.6) is 0 Å². The molecule has 0 aliphatic carbocycles. The Labute approximate surface area is 147 Å². The molecule has 26 heavy (non-hydrogen) atoms. The van der Waals surface area contributed by atoms with Gasteiger partial charge in [-0.3, -0.25) is 0 Å². The van der Waals surface area contributed by atoms with Gasteiger partial charge in [0.15, 0.2) is 5.76 Å². The Morgan fingerprint density at radius 3 is 2.31 bits per heavy atom. The number of sulfonamides is 1. The average Bonchev–Trinajstić information content (AvgIpc) is 3.00. The van der Waals surface area contributed by atoms with Gasteiger partial charge in [0.25, 0.3) is 0 Å². The summed E-state index contributed by atoms with van der Waals surface area (Å²) in [6.07, 6.45) is -4.78. The van der Waals surface area contributed by atoms with Gasteiger partial charge < -0.3 is 4.42 Å². The van der Waals surface area contributed by atoms with E-state index in [1.165, 1.54) is 18.2 Å². The molecular weight excluding hydrogens is 369 g/mol. The lowest BCUT2D eigenvalue weighted by molar-refractivity contribution is -0.156. The largest absolute Gasteiger partial charge is 0.468 e. The Bertz CT molecular complexity index is 1060. The van der Waals surface area contributed by atoms with Gasteiger partial charge >= 0.3 is 12.1 Å². The number of primary sulfonamides is 1. The standard InChI is InChI=1S/C17H13F3N2O3S/c1-10-7-8-12(26(21,23)24)9-13(10)14-15(11-5-3-2-4-6-11)25-16(22-14)17(18,19)20/h2-9H,1H3,(H2,21,23,24). The predicted molar refractivity (Wildman–Crippen MR) is 88.5 cm³/mol. The Morgan fingerprint density at radius 2 is 1.73 bits per heavy atom. The molecule has 3 rings (SSSR count). The zero-order valence-corrected chi connectivity index (χ0v) is 14.2. The molecule has 136 valence electrons. The third-order valence-corrected chi connectivity index (χ3v) is 4.61. The van der Waals surface area contributed by atoms with E-state index in [0.29, 0.717) is 11.1 Å². The van der Waals surface area contributed by atoms with Gasteiger partial charge in [0.05, 0.1) is 4.90 Å². The highest BCUT2D eigenvalue weighted by atomic mass is 32.2. The van der Waals surface area contributed by atoms with E-state index in [0.717, 1.165) is 0 Å². The maximum atomic E-state index is 13.1. The summed E-state index contributed by atoms with van der Waals surface area (Å²) < 4.78 is 67.5. The van der Waals surface area contributed by atoms with Gasteiger partial charge in [0.1, 0.15) is 5.69 Å². The second-order valence-electron chi connectivity index (χ2n) is 5.58. The van der Waals surface area contributed by atoms with Crippen LogP contribution in [0.4, 0.5) is 13.2 Å². The van der Waals surface area contributed by atoms with Gasteiger partial charge in [0.2, 0.25) is 10.0 Å². The van der Waals surface area contributed by atoms with Gasteiger partial charge in [-0.2, -0.15) is 13.2 Å². The zero-order valence-electron chi connectivity index (χ0n) is 13.4. The van der Waals surface area contributed by atoms with Crippen LogP contribution >= 0.6 is 0 Å². The molecular formula is C17H13F3N2O3S. The second-order valence-corrected chi connectivity index (χ2v) is 7.14. The first-order valence-corrected chi connectivity index (χ1v) is 8.89. The molecule has 1 heterocycles. The number of oxazole rings is 1. The molecule has 9 heteroatoms. The van der Waals surface area contributed by atoms with Crippen LogP contribution < -0.4 is 5.14 Å². The van der Waals surface area contributed by atoms with Crippen molar-refractivity contribution in [2.45, 2.75) is 18.0 Å². The molecule has 0 saturated carbocycles.